The Labute approximate surface area is 84.5 Å². The minimum atomic E-state index is 0.572. The van der Waals surface area contributed by atoms with Gasteiger partial charge in [-0.2, -0.15) is 5.10 Å². The summed E-state index contributed by atoms with van der Waals surface area (Å²) in [6, 6.07) is 0. The van der Waals surface area contributed by atoms with Crippen LogP contribution in [0.25, 0.3) is 0 Å². The Bertz CT molecular complexity index is 305. The number of nitrogens with two attached hydrogens (primary N) is 1. The molecule has 0 radical (unpaired) electrons. The number of rotatable bonds is 3. The van der Waals surface area contributed by atoms with Gasteiger partial charge in [-0.3, -0.25) is 0 Å². The van der Waals surface area contributed by atoms with Gasteiger partial charge in [0.25, 0.3) is 0 Å². The molecule has 1 aliphatic heterocycles. The van der Waals surface area contributed by atoms with E-state index in [1.165, 1.54) is 18.7 Å². The van der Waals surface area contributed by atoms with Crippen LogP contribution in [0.4, 0.5) is 0 Å². The molecule has 4 nitrogen and oxygen atoms in total. The molecule has 0 fully saturated rings. The smallest absolute Gasteiger partial charge is 0.151 e. The van der Waals surface area contributed by atoms with E-state index in [1.54, 1.807) is 0 Å². The molecule has 1 aliphatic rings. The van der Waals surface area contributed by atoms with Crippen LogP contribution in [0.1, 0.15) is 43.8 Å². The van der Waals surface area contributed by atoms with Gasteiger partial charge < -0.3 is 5.73 Å². The van der Waals surface area contributed by atoms with Gasteiger partial charge in [-0.15, -0.1) is 0 Å². The maximum absolute atomic E-state index is 5.46. The molecule has 1 aromatic rings. The Kier molecular flexibility index (Phi) is 2.82. The van der Waals surface area contributed by atoms with Gasteiger partial charge in [0, 0.05) is 18.9 Å². The number of aromatic nitrogens is 3. The average Bonchev–Trinajstić information content (AvgIpc) is 2.59. The van der Waals surface area contributed by atoms with Crippen molar-refractivity contribution >= 4 is 0 Å². The van der Waals surface area contributed by atoms with Crippen molar-refractivity contribution in [2.45, 2.75) is 45.1 Å². The van der Waals surface area contributed by atoms with Crippen LogP contribution in [0.15, 0.2) is 0 Å². The molecule has 4 heteroatoms. The molecule has 2 heterocycles. The van der Waals surface area contributed by atoms with Crippen molar-refractivity contribution in [3.63, 3.8) is 0 Å². The summed E-state index contributed by atoms with van der Waals surface area (Å²) in [6.45, 7) is 3.99. The minimum Gasteiger partial charge on any atom is -0.330 e. The molecule has 0 saturated carbocycles. The van der Waals surface area contributed by atoms with Crippen LogP contribution in [0.3, 0.4) is 0 Å². The van der Waals surface area contributed by atoms with Crippen LogP contribution < -0.4 is 5.73 Å². The second kappa shape index (κ2) is 4.09. The first-order chi connectivity index (χ1) is 6.81. The molecule has 0 spiro atoms. The number of nitrogens with zero attached hydrogens (tertiary/aromatic N) is 3. The van der Waals surface area contributed by atoms with Crippen molar-refractivity contribution in [1.29, 1.82) is 0 Å². The van der Waals surface area contributed by atoms with Crippen molar-refractivity contribution < 1.29 is 0 Å². The quantitative estimate of drug-likeness (QED) is 0.783. The van der Waals surface area contributed by atoms with E-state index in [9.17, 15) is 0 Å². The largest absolute Gasteiger partial charge is 0.330 e. The van der Waals surface area contributed by atoms with Gasteiger partial charge in [-0.25, -0.2) is 9.67 Å². The summed E-state index contributed by atoms with van der Waals surface area (Å²) in [5.74, 6) is 2.71. The van der Waals surface area contributed by atoms with Gasteiger partial charge in [0.1, 0.15) is 5.82 Å². The highest BCUT2D eigenvalue weighted by molar-refractivity contribution is 5.01. The van der Waals surface area contributed by atoms with E-state index in [2.05, 4.69) is 21.7 Å². The molecule has 0 amide bonds. The summed E-state index contributed by atoms with van der Waals surface area (Å²) in [4.78, 5) is 4.57. The average molecular weight is 194 g/mol. The summed E-state index contributed by atoms with van der Waals surface area (Å²) in [6.07, 6.45) is 4.38. The lowest BCUT2D eigenvalue weighted by Gasteiger charge is -2.17. The Morgan fingerprint density at radius 2 is 2.43 bits per heavy atom. The zero-order valence-electron chi connectivity index (χ0n) is 8.74. The lowest BCUT2D eigenvalue weighted by atomic mass is 10.0. The van der Waals surface area contributed by atoms with Gasteiger partial charge in [0.2, 0.25) is 0 Å². The van der Waals surface area contributed by atoms with E-state index < -0.39 is 0 Å². The molecule has 14 heavy (non-hydrogen) atoms. The van der Waals surface area contributed by atoms with Crippen molar-refractivity contribution in [3.05, 3.63) is 11.6 Å². The summed E-state index contributed by atoms with van der Waals surface area (Å²) in [5.41, 5.74) is 5.46. The molecule has 0 bridgehead atoms. The first-order valence-electron chi connectivity index (χ1n) is 5.45. The Hall–Kier alpha value is -0.900. The lowest BCUT2D eigenvalue weighted by molar-refractivity contribution is 0.431. The SMILES string of the molecule is CC1CCCn2nc(CCCN)nc21. The van der Waals surface area contributed by atoms with Gasteiger partial charge >= 0.3 is 0 Å². The number of aryl methyl sites for hydroxylation is 2. The van der Waals surface area contributed by atoms with Crippen molar-refractivity contribution in [1.82, 2.24) is 14.8 Å². The fourth-order valence-electron chi connectivity index (χ4n) is 1.97. The van der Waals surface area contributed by atoms with Crippen molar-refractivity contribution in [3.8, 4) is 0 Å². The lowest BCUT2D eigenvalue weighted by Crippen LogP contribution is -2.14. The van der Waals surface area contributed by atoms with Gasteiger partial charge in [0.15, 0.2) is 5.82 Å². The molecule has 1 unspecified atom stereocenters. The Morgan fingerprint density at radius 3 is 3.14 bits per heavy atom. The summed E-state index contributed by atoms with van der Waals surface area (Å²) < 4.78 is 2.07. The van der Waals surface area contributed by atoms with E-state index in [-0.39, 0.29) is 0 Å². The van der Waals surface area contributed by atoms with Crippen LogP contribution in [-0.4, -0.2) is 21.3 Å². The second-order valence-corrected chi connectivity index (χ2v) is 4.04. The standard InChI is InChI=1S/C10H18N4/c1-8-4-3-7-14-10(8)12-9(13-14)5-2-6-11/h8H,2-7,11H2,1H3. The highest BCUT2D eigenvalue weighted by Crippen LogP contribution is 2.24. The molecular weight excluding hydrogens is 176 g/mol. The zero-order chi connectivity index (χ0) is 9.97. The predicted molar refractivity (Wildman–Crippen MR) is 55.0 cm³/mol. The fourth-order valence-corrected chi connectivity index (χ4v) is 1.97. The maximum Gasteiger partial charge on any atom is 0.151 e. The molecule has 2 N–H and O–H groups in total. The van der Waals surface area contributed by atoms with E-state index >= 15 is 0 Å². The molecule has 0 aromatic carbocycles. The first kappa shape index (κ1) is 9.65. The molecule has 2 rings (SSSR count). The van der Waals surface area contributed by atoms with Crippen LogP contribution in [0, 0.1) is 0 Å². The normalized spacial score (nSPS) is 20.9. The van der Waals surface area contributed by atoms with Crippen molar-refractivity contribution in [2.75, 3.05) is 6.54 Å². The third-order valence-corrected chi connectivity index (χ3v) is 2.80. The van der Waals surface area contributed by atoms with E-state index in [1.807, 2.05) is 0 Å². The van der Waals surface area contributed by atoms with E-state index in [4.69, 9.17) is 5.73 Å². The molecule has 78 valence electrons. The number of hydrogen-bond donors (Lipinski definition) is 1. The third-order valence-electron chi connectivity index (χ3n) is 2.80. The van der Waals surface area contributed by atoms with Gasteiger partial charge in [-0.1, -0.05) is 6.92 Å². The summed E-state index contributed by atoms with van der Waals surface area (Å²) in [7, 11) is 0. The van der Waals surface area contributed by atoms with E-state index in [0.717, 1.165) is 31.8 Å². The minimum absolute atomic E-state index is 0.572. The molecule has 0 aliphatic carbocycles. The molecular formula is C10H18N4. The Balaban J connectivity index is 2.13. The van der Waals surface area contributed by atoms with Crippen molar-refractivity contribution in [2.24, 2.45) is 5.73 Å². The topological polar surface area (TPSA) is 56.7 Å². The fraction of sp³-hybridized carbons (Fsp3) is 0.800. The second-order valence-electron chi connectivity index (χ2n) is 4.04. The monoisotopic (exact) mass is 194 g/mol. The van der Waals surface area contributed by atoms with Gasteiger partial charge in [0.05, 0.1) is 0 Å². The third kappa shape index (κ3) is 1.80. The summed E-state index contributed by atoms with van der Waals surface area (Å²) >= 11 is 0. The summed E-state index contributed by atoms with van der Waals surface area (Å²) in [5, 5.41) is 4.49. The number of hydrogen-bond acceptors (Lipinski definition) is 3. The highest BCUT2D eigenvalue weighted by atomic mass is 15.4. The molecule has 1 atom stereocenters. The molecule has 1 aromatic heterocycles. The van der Waals surface area contributed by atoms with Crippen LogP contribution in [0.2, 0.25) is 0 Å². The van der Waals surface area contributed by atoms with Crippen LogP contribution in [0.5, 0.6) is 0 Å². The highest BCUT2D eigenvalue weighted by Gasteiger charge is 2.19. The van der Waals surface area contributed by atoms with Crippen LogP contribution in [-0.2, 0) is 13.0 Å². The van der Waals surface area contributed by atoms with Gasteiger partial charge in [-0.05, 0) is 25.8 Å². The number of fused-ring (bicyclic) bond motifs is 1. The van der Waals surface area contributed by atoms with E-state index in [0.29, 0.717) is 5.92 Å². The first-order valence-corrected chi connectivity index (χ1v) is 5.45. The zero-order valence-corrected chi connectivity index (χ0v) is 8.74. The Morgan fingerprint density at radius 1 is 1.57 bits per heavy atom. The maximum atomic E-state index is 5.46. The van der Waals surface area contributed by atoms with Crippen LogP contribution >= 0.6 is 0 Å². The molecule has 0 saturated heterocycles. The predicted octanol–water partition coefficient (Wildman–Crippen LogP) is 1.07.